The second-order valence-electron chi connectivity index (χ2n) is 5.73. The van der Waals surface area contributed by atoms with E-state index < -0.39 is 10.0 Å². The largest absolute Gasteiger partial charge is 0.296 e. The first-order valence-electron chi connectivity index (χ1n) is 7.68. The van der Waals surface area contributed by atoms with Crippen LogP contribution in [0.5, 0.6) is 0 Å². The first kappa shape index (κ1) is 17.7. The maximum absolute atomic E-state index is 12.6. The molecule has 1 heterocycles. The van der Waals surface area contributed by atoms with Crippen LogP contribution in [0.25, 0.3) is 0 Å². The molecule has 1 saturated heterocycles. The van der Waals surface area contributed by atoms with Gasteiger partial charge in [-0.15, -0.1) is 0 Å². The van der Waals surface area contributed by atoms with Crippen LogP contribution in [0, 0.1) is 0 Å². The Morgan fingerprint density at radius 1 is 0.917 bits per heavy atom. The summed E-state index contributed by atoms with van der Waals surface area (Å²) in [6, 6.07) is 14.0. The fraction of sp³-hybridized carbons (Fsp3) is 0.294. The van der Waals surface area contributed by atoms with Gasteiger partial charge in [0, 0.05) is 42.8 Å². The van der Waals surface area contributed by atoms with Crippen molar-refractivity contribution in [2.75, 3.05) is 26.2 Å². The summed E-state index contributed by atoms with van der Waals surface area (Å²) in [5.74, 6) is 0. The average molecular weight is 385 g/mol. The predicted molar refractivity (Wildman–Crippen MR) is 96.9 cm³/mol. The van der Waals surface area contributed by atoms with Gasteiger partial charge in [-0.2, -0.15) is 4.31 Å². The summed E-state index contributed by atoms with van der Waals surface area (Å²) < 4.78 is 26.8. The third kappa shape index (κ3) is 3.92. The fourth-order valence-electron chi connectivity index (χ4n) is 2.76. The van der Waals surface area contributed by atoms with Crippen molar-refractivity contribution in [3.63, 3.8) is 0 Å². The minimum Gasteiger partial charge on any atom is -0.296 e. The number of nitrogens with zero attached hydrogens (tertiary/aromatic N) is 2. The Bertz CT molecular complexity index is 805. The number of benzene rings is 2. The van der Waals surface area contributed by atoms with Crippen molar-refractivity contribution in [2.24, 2.45) is 0 Å². The van der Waals surface area contributed by atoms with Crippen molar-refractivity contribution >= 4 is 33.2 Å². The highest BCUT2D eigenvalue weighted by molar-refractivity contribution is 7.89. The molecule has 0 N–H and O–H groups in total. The summed E-state index contributed by atoms with van der Waals surface area (Å²) in [5, 5.41) is 1.25. The van der Waals surface area contributed by atoms with Crippen LogP contribution in [0.1, 0.15) is 5.56 Å². The zero-order valence-corrected chi connectivity index (χ0v) is 15.4. The summed E-state index contributed by atoms with van der Waals surface area (Å²) in [4.78, 5) is 2.55. The second-order valence-corrected chi connectivity index (χ2v) is 8.51. The topological polar surface area (TPSA) is 40.6 Å². The maximum atomic E-state index is 12.6. The highest BCUT2D eigenvalue weighted by Crippen LogP contribution is 2.23. The van der Waals surface area contributed by atoms with Crippen LogP contribution in [0.2, 0.25) is 10.0 Å². The number of piperazine rings is 1. The smallest absolute Gasteiger partial charge is 0.243 e. The second kappa shape index (κ2) is 7.42. The molecule has 4 nitrogen and oxygen atoms in total. The number of hydrogen-bond donors (Lipinski definition) is 0. The van der Waals surface area contributed by atoms with Crippen LogP contribution in [-0.2, 0) is 16.6 Å². The highest BCUT2D eigenvalue weighted by atomic mass is 35.5. The molecule has 2 aromatic rings. The lowest BCUT2D eigenvalue weighted by atomic mass is 10.2. The van der Waals surface area contributed by atoms with E-state index in [0.29, 0.717) is 47.7 Å². The van der Waals surface area contributed by atoms with Gasteiger partial charge in [-0.05, 0) is 29.8 Å². The fourth-order valence-corrected chi connectivity index (χ4v) is 4.67. The van der Waals surface area contributed by atoms with Gasteiger partial charge in [-0.3, -0.25) is 4.90 Å². The summed E-state index contributed by atoms with van der Waals surface area (Å²) >= 11 is 12.1. The van der Waals surface area contributed by atoms with Gasteiger partial charge in [0.1, 0.15) is 0 Å². The van der Waals surface area contributed by atoms with Crippen molar-refractivity contribution in [2.45, 2.75) is 11.4 Å². The molecule has 0 radical (unpaired) electrons. The zero-order valence-electron chi connectivity index (χ0n) is 13.0. The first-order valence-corrected chi connectivity index (χ1v) is 9.88. The molecule has 7 heteroatoms. The molecule has 0 atom stereocenters. The van der Waals surface area contributed by atoms with E-state index >= 15 is 0 Å². The summed E-state index contributed by atoms with van der Waals surface area (Å²) in [5.41, 5.74) is 1.00. The van der Waals surface area contributed by atoms with Gasteiger partial charge in [-0.1, -0.05) is 47.5 Å². The quantitative estimate of drug-likeness (QED) is 0.809. The Kier molecular flexibility index (Phi) is 5.47. The number of hydrogen-bond acceptors (Lipinski definition) is 3. The Balaban J connectivity index is 1.64. The van der Waals surface area contributed by atoms with E-state index in [-0.39, 0.29) is 0 Å². The summed E-state index contributed by atoms with van der Waals surface area (Å²) in [6.45, 7) is 2.98. The molecular formula is C17H18Cl2N2O2S. The standard InChI is InChI=1S/C17H18Cl2N2O2S/c18-15-7-6-14(17(19)12-15)13-20-8-10-21(11-9-20)24(22,23)16-4-2-1-3-5-16/h1-7,12H,8-11,13H2. The number of rotatable bonds is 4. The van der Waals surface area contributed by atoms with Crippen LogP contribution in [0.3, 0.4) is 0 Å². The Morgan fingerprint density at radius 2 is 1.58 bits per heavy atom. The van der Waals surface area contributed by atoms with Crippen molar-refractivity contribution in [1.29, 1.82) is 0 Å². The minimum atomic E-state index is -3.41. The van der Waals surface area contributed by atoms with Gasteiger partial charge in [0.05, 0.1) is 4.90 Å². The molecule has 0 amide bonds. The molecule has 0 unspecified atom stereocenters. The molecule has 24 heavy (non-hydrogen) atoms. The molecule has 128 valence electrons. The van der Waals surface area contributed by atoms with E-state index in [4.69, 9.17) is 23.2 Å². The lowest BCUT2D eigenvalue weighted by Crippen LogP contribution is -2.48. The van der Waals surface area contributed by atoms with Gasteiger partial charge in [0.15, 0.2) is 0 Å². The van der Waals surface area contributed by atoms with Crippen molar-refractivity contribution in [1.82, 2.24) is 9.21 Å². The van der Waals surface area contributed by atoms with Gasteiger partial charge in [0.2, 0.25) is 10.0 Å². The minimum absolute atomic E-state index is 0.346. The summed E-state index contributed by atoms with van der Waals surface area (Å²) in [7, 11) is -3.41. The molecule has 0 aliphatic carbocycles. The van der Waals surface area contributed by atoms with E-state index in [1.54, 1.807) is 34.6 Å². The van der Waals surface area contributed by atoms with Crippen LogP contribution in [0.15, 0.2) is 53.4 Å². The molecule has 0 spiro atoms. The third-order valence-electron chi connectivity index (χ3n) is 4.12. The SMILES string of the molecule is O=S(=O)(c1ccccc1)N1CCN(Cc2ccc(Cl)cc2Cl)CC1. The molecule has 0 saturated carbocycles. The maximum Gasteiger partial charge on any atom is 0.243 e. The van der Waals surface area contributed by atoms with Crippen molar-refractivity contribution in [3.8, 4) is 0 Å². The first-order chi connectivity index (χ1) is 11.5. The van der Waals surface area contributed by atoms with E-state index in [1.807, 2.05) is 18.2 Å². The van der Waals surface area contributed by atoms with Gasteiger partial charge >= 0.3 is 0 Å². The molecule has 0 bridgehead atoms. The lowest BCUT2D eigenvalue weighted by Gasteiger charge is -2.34. The van der Waals surface area contributed by atoms with E-state index in [2.05, 4.69) is 4.90 Å². The molecular weight excluding hydrogens is 367 g/mol. The average Bonchev–Trinajstić information content (AvgIpc) is 2.59. The predicted octanol–water partition coefficient (Wildman–Crippen LogP) is 3.50. The molecule has 3 rings (SSSR count). The Hall–Kier alpha value is -1.11. The van der Waals surface area contributed by atoms with Crippen LogP contribution < -0.4 is 0 Å². The lowest BCUT2D eigenvalue weighted by molar-refractivity contribution is 0.181. The van der Waals surface area contributed by atoms with Gasteiger partial charge < -0.3 is 0 Å². The van der Waals surface area contributed by atoms with Crippen LogP contribution >= 0.6 is 23.2 Å². The van der Waals surface area contributed by atoms with Crippen molar-refractivity contribution in [3.05, 3.63) is 64.1 Å². The van der Waals surface area contributed by atoms with E-state index in [1.165, 1.54) is 0 Å². The molecule has 1 aliphatic heterocycles. The van der Waals surface area contributed by atoms with Crippen LogP contribution in [0.4, 0.5) is 0 Å². The highest BCUT2D eigenvalue weighted by Gasteiger charge is 2.28. The normalized spacial score (nSPS) is 17.1. The molecule has 0 aromatic heterocycles. The summed E-state index contributed by atoms with van der Waals surface area (Å²) in [6.07, 6.45) is 0. The van der Waals surface area contributed by atoms with Gasteiger partial charge in [0.25, 0.3) is 0 Å². The zero-order chi connectivity index (χ0) is 17.2. The van der Waals surface area contributed by atoms with Crippen LogP contribution in [-0.4, -0.2) is 43.8 Å². The molecule has 1 aliphatic rings. The number of sulfonamides is 1. The number of halogens is 2. The van der Waals surface area contributed by atoms with E-state index in [9.17, 15) is 8.42 Å². The molecule has 1 fully saturated rings. The Morgan fingerprint density at radius 3 is 2.21 bits per heavy atom. The van der Waals surface area contributed by atoms with Crippen molar-refractivity contribution < 1.29 is 8.42 Å². The Labute approximate surface area is 152 Å². The van der Waals surface area contributed by atoms with Gasteiger partial charge in [-0.25, -0.2) is 8.42 Å². The van der Waals surface area contributed by atoms with E-state index in [0.717, 1.165) is 5.56 Å². The molecule has 2 aromatic carbocycles. The monoisotopic (exact) mass is 384 g/mol. The third-order valence-corrected chi connectivity index (χ3v) is 6.62.